The minimum Gasteiger partial charge on any atom is -0.504 e. The van der Waals surface area contributed by atoms with Crippen molar-refractivity contribution in [1.82, 2.24) is 0 Å². The second-order valence-electron chi connectivity index (χ2n) is 5.83. The number of carbonyl (C=O) groups excluding carboxylic acids is 1. The van der Waals surface area contributed by atoms with Crippen molar-refractivity contribution in [3.8, 4) is 17.2 Å². The summed E-state index contributed by atoms with van der Waals surface area (Å²) < 4.78 is 43.6. The third kappa shape index (κ3) is 4.59. The second kappa shape index (κ2) is 7.55. The van der Waals surface area contributed by atoms with Gasteiger partial charge in [0.1, 0.15) is 5.75 Å². The molecule has 1 unspecified atom stereocenters. The molecule has 0 spiro atoms. The molecule has 0 aliphatic rings. The highest BCUT2D eigenvalue weighted by molar-refractivity contribution is 5.94. The Bertz CT molecular complexity index is 806. The molecule has 0 aromatic heterocycles. The maximum absolute atomic E-state index is 12.9. The summed E-state index contributed by atoms with van der Waals surface area (Å²) in [6.45, 7) is 1.60. The van der Waals surface area contributed by atoms with Gasteiger partial charge in [-0.05, 0) is 42.3 Å². The molecule has 1 amide bonds. The zero-order valence-electron chi connectivity index (χ0n) is 14.1. The molecule has 0 saturated heterocycles. The Balaban J connectivity index is 2.16. The molecule has 0 bridgehead atoms. The van der Waals surface area contributed by atoms with Crippen LogP contribution in [0.25, 0.3) is 0 Å². The fourth-order valence-corrected chi connectivity index (χ4v) is 2.38. The van der Waals surface area contributed by atoms with Gasteiger partial charge >= 0.3 is 6.18 Å². The fraction of sp³-hybridized carbons (Fsp3) is 0.278. The molecule has 1 atom stereocenters. The lowest BCUT2D eigenvalue weighted by Crippen LogP contribution is -2.22. The molecule has 0 aliphatic heterocycles. The summed E-state index contributed by atoms with van der Waals surface area (Å²) in [5, 5.41) is 21.2. The molecular formula is C18H18F3NO4. The van der Waals surface area contributed by atoms with Crippen molar-refractivity contribution in [1.29, 1.82) is 0 Å². The van der Waals surface area contributed by atoms with Crippen LogP contribution >= 0.6 is 0 Å². The Hall–Kier alpha value is -2.90. The van der Waals surface area contributed by atoms with E-state index < -0.39 is 23.6 Å². The van der Waals surface area contributed by atoms with E-state index in [0.29, 0.717) is 5.56 Å². The number of halogens is 3. The third-order valence-corrected chi connectivity index (χ3v) is 3.81. The molecule has 0 heterocycles. The second-order valence-corrected chi connectivity index (χ2v) is 5.83. The van der Waals surface area contributed by atoms with Gasteiger partial charge in [-0.1, -0.05) is 13.0 Å². The van der Waals surface area contributed by atoms with Crippen molar-refractivity contribution in [3.63, 3.8) is 0 Å². The van der Waals surface area contributed by atoms with Crippen molar-refractivity contribution in [2.75, 3.05) is 12.4 Å². The number of hydrogen-bond acceptors (Lipinski definition) is 4. The first-order valence-corrected chi connectivity index (χ1v) is 7.68. The van der Waals surface area contributed by atoms with Crippen LogP contribution in [0.1, 0.15) is 18.1 Å². The van der Waals surface area contributed by atoms with Gasteiger partial charge in [0.15, 0.2) is 11.5 Å². The van der Waals surface area contributed by atoms with E-state index in [0.717, 1.165) is 18.2 Å². The predicted molar refractivity (Wildman–Crippen MR) is 89.3 cm³/mol. The largest absolute Gasteiger partial charge is 0.504 e. The summed E-state index contributed by atoms with van der Waals surface area (Å²) in [6, 6.07) is 6.99. The van der Waals surface area contributed by atoms with E-state index in [1.54, 1.807) is 13.0 Å². The van der Waals surface area contributed by atoms with Crippen LogP contribution in [0.2, 0.25) is 0 Å². The molecule has 3 N–H and O–H groups in total. The Labute approximate surface area is 148 Å². The van der Waals surface area contributed by atoms with E-state index >= 15 is 0 Å². The van der Waals surface area contributed by atoms with Gasteiger partial charge in [-0.3, -0.25) is 4.79 Å². The number of aromatic hydroxyl groups is 2. The average Bonchev–Trinajstić information content (AvgIpc) is 2.57. The van der Waals surface area contributed by atoms with Crippen LogP contribution < -0.4 is 10.1 Å². The van der Waals surface area contributed by atoms with Gasteiger partial charge in [0.2, 0.25) is 5.91 Å². The Morgan fingerprint density at radius 3 is 2.42 bits per heavy atom. The van der Waals surface area contributed by atoms with Crippen LogP contribution in [0.3, 0.4) is 0 Å². The maximum Gasteiger partial charge on any atom is 0.416 e. The highest BCUT2D eigenvalue weighted by atomic mass is 19.4. The van der Waals surface area contributed by atoms with Crippen molar-refractivity contribution in [2.24, 2.45) is 5.92 Å². The number of amides is 1. The van der Waals surface area contributed by atoms with Crippen molar-refractivity contribution < 1.29 is 32.9 Å². The quantitative estimate of drug-likeness (QED) is 0.698. The minimum atomic E-state index is -4.54. The lowest BCUT2D eigenvalue weighted by molar-refractivity contribution is -0.137. The van der Waals surface area contributed by atoms with Crippen molar-refractivity contribution >= 4 is 11.6 Å². The number of alkyl halides is 3. The van der Waals surface area contributed by atoms with Gasteiger partial charge in [0.05, 0.1) is 18.4 Å². The van der Waals surface area contributed by atoms with E-state index in [1.165, 1.54) is 19.2 Å². The monoisotopic (exact) mass is 369 g/mol. The van der Waals surface area contributed by atoms with Gasteiger partial charge in [-0.2, -0.15) is 13.2 Å². The lowest BCUT2D eigenvalue weighted by atomic mass is 9.99. The molecule has 140 valence electrons. The van der Waals surface area contributed by atoms with E-state index in [4.69, 9.17) is 4.74 Å². The molecule has 8 heteroatoms. The minimum absolute atomic E-state index is 0.0762. The molecule has 0 fully saturated rings. The number of carbonyl (C=O) groups is 1. The SMILES string of the molecule is COc1ccc(C(F)(F)F)cc1NC(=O)C(C)Cc1ccc(O)c(O)c1. The number of phenolic OH excluding ortho intramolecular Hbond substituents is 2. The molecule has 0 saturated carbocycles. The standard InChI is InChI=1S/C18H18F3NO4/c1-10(7-11-3-5-14(23)15(24)8-11)17(25)22-13-9-12(18(19,20)21)4-6-16(13)26-2/h3-6,8-10,23-24H,7H2,1-2H3,(H,22,25). The highest BCUT2D eigenvalue weighted by Gasteiger charge is 2.31. The van der Waals surface area contributed by atoms with Crippen LogP contribution in [-0.4, -0.2) is 23.2 Å². The number of nitrogens with one attached hydrogen (secondary N) is 1. The molecule has 26 heavy (non-hydrogen) atoms. The molecular weight excluding hydrogens is 351 g/mol. The summed E-state index contributed by atoms with van der Waals surface area (Å²) in [5.74, 6) is -1.58. The zero-order valence-corrected chi connectivity index (χ0v) is 14.1. The Kier molecular flexibility index (Phi) is 5.64. The van der Waals surface area contributed by atoms with Crippen molar-refractivity contribution in [3.05, 3.63) is 47.5 Å². The molecule has 0 aliphatic carbocycles. The first-order chi connectivity index (χ1) is 12.1. The first-order valence-electron chi connectivity index (χ1n) is 7.68. The average molecular weight is 369 g/mol. The fourth-order valence-electron chi connectivity index (χ4n) is 2.38. The van der Waals surface area contributed by atoms with E-state index in [9.17, 15) is 28.2 Å². The molecule has 2 aromatic rings. The topological polar surface area (TPSA) is 78.8 Å². The van der Waals surface area contributed by atoms with E-state index in [1.807, 2.05) is 0 Å². The Morgan fingerprint density at radius 1 is 1.15 bits per heavy atom. The van der Waals surface area contributed by atoms with Gasteiger partial charge in [-0.25, -0.2) is 0 Å². The lowest BCUT2D eigenvalue weighted by Gasteiger charge is -2.16. The number of methoxy groups -OCH3 is 1. The van der Waals surface area contributed by atoms with E-state index in [2.05, 4.69) is 5.32 Å². The Morgan fingerprint density at radius 2 is 1.85 bits per heavy atom. The summed E-state index contributed by atoms with van der Waals surface area (Å²) in [4.78, 5) is 12.3. The number of benzene rings is 2. The highest BCUT2D eigenvalue weighted by Crippen LogP contribution is 2.35. The number of phenols is 2. The van der Waals surface area contributed by atoms with Gasteiger partial charge in [0.25, 0.3) is 0 Å². The molecule has 5 nitrogen and oxygen atoms in total. The van der Waals surface area contributed by atoms with Crippen LogP contribution in [0.15, 0.2) is 36.4 Å². The maximum atomic E-state index is 12.9. The van der Waals surface area contributed by atoms with Crippen molar-refractivity contribution in [2.45, 2.75) is 19.5 Å². The van der Waals surface area contributed by atoms with Crippen LogP contribution in [0.4, 0.5) is 18.9 Å². The number of ether oxygens (including phenoxy) is 1. The summed E-state index contributed by atoms with van der Waals surface area (Å²) in [7, 11) is 1.29. The number of hydrogen-bond donors (Lipinski definition) is 3. The van der Waals surface area contributed by atoms with Crippen LogP contribution in [0, 0.1) is 5.92 Å². The molecule has 2 aromatic carbocycles. The first kappa shape index (κ1) is 19.4. The van der Waals surface area contributed by atoms with Gasteiger partial charge < -0.3 is 20.3 Å². The normalized spacial score (nSPS) is 12.5. The third-order valence-electron chi connectivity index (χ3n) is 3.81. The van der Waals surface area contributed by atoms with Gasteiger partial charge in [-0.15, -0.1) is 0 Å². The zero-order chi connectivity index (χ0) is 19.5. The summed E-state index contributed by atoms with van der Waals surface area (Å²) in [6.07, 6.45) is -4.32. The summed E-state index contributed by atoms with van der Waals surface area (Å²) in [5.41, 5.74) is -0.378. The van der Waals surface area contributed by atoms with Crippen LogP contribution in [-0.2, 0) is 17.4 Å². The van der Waals surface area contributed by atoms with Gasteiger partial charge in [0, 0.05) is 5.92 Å². The molecule has 2 rings (SSSR count). The predicted octanol–water partition coefficient (Wildman–Crippen LogP) is 3.94. The van der Waals surface area contributed by atoms with Crippen LogP contribution in [0.5, 0.6) is 17.2 Å². The summed E-state index contributed by atoms with van der Waals surface area (Å²) >= 11 is 0. The number of rotatable bonds is 5. The van der Waals surface area contributed by atoms with E-state index in [-0.39, 0.29) is 29.4 Å². The molecule has 0 radical (unpaired) electrons. The smallest absolute Gasteiger partial charge is 0.416 e. The number of anilines is 1.